The van der Waals surface area contributed by atoms with Gasteiger partial charge in [-0.25, -0.2) is 4.98 Å². The lowest BCUT2D eigenvalue weighted by atomic mass is 10.1. The van der Waals surface area contributed by atoms with E-state index >= 15 is 0 Å². The summed E-state index contributed by atoms with van der Waals surface area (Å²) in [6.07, 6.45) is 2.59. The number of hydrogen-bond acceptors (Lipinski definition) is 4. The molecule has 1 heterocycles. The molecule has 1 N–H and O–H groups in total. The highest BCUT2D eigenvalue weighted by Gasteiger charge is 2.29. The van der Waals surface area contributed by atoms with Gasteiger partial charge in [0.25, 0.3) is 0 Å². The van der Waals surface area contributed by atoms with Gasteiger partial charge in [-0.3, -0.25) is 0 Å². The molecule has 0 radical (unpaired) electrons. The summed E-state index contributed by atoms with van der Waals surface area (Å²) in [6, 6.07) is 6.32. The summed E-state index contributed by atoms with van der Waals surface area (Å²) >= 11 is 1.83. The molecule has 1 saturated carbocycles. The van der Waals surface area contributed by atoms with Crippen molar-refractivity contribution in [1.82, 2.24) is 10.3 Å². The molecule has 0 unspecified atom stereocenters. The third kappa shape index (κ3) is 3.11. The van der Waals surface area contributed by atoms with Crippen molar-refractivity contribution >= 4 is 11.3 Å². The standard InChI is InChI=1S/C17H22N2OS/c1-4-18-10-15-16(12-5-6-12)19-17(21-15)13-7-8-14(20-3)11(2)9-13/h7-9,12,18H,4-6,10H2,1-3H3. The van der Waals surface area contributed by atoms with E-state index in [9.17, 15) is 0 Å². The molecular formula is C17H22N2OS. The summed E-state index contributed by atoms with van der Waals surface area (Å²) in [4.78, 5) is 6.34. The van der Waals surface area contributed by atoms with E-state index in [1.165, 1.54) is 29.0 Å². The third-order valence-corrected chi connectivity index (χ3v) is 4.99. The van der Waals surface area contributed by atoms with Crippen LogP contribution in [-0.2, 0) is 6.54 Å². The van der Waals surface area contributed by atoms with Crippen molar-refractivity contribution in [3.05, 3.63) is 34.3 Å². The van der Waals surface area contributed by atoms with Crippen LogP contribution in [-0.4, -0.2) is 18.6 Å². The number of aromatic nitrogens is 1. The fraction of sp³-hybridized carbons (Fsp3) is 0.471. The topological polar surface area (TPSA) is 34.1 Å². The van der Waals surface area contributed by atoms with Gasteiger partial charge in [-0.1, -0.05) is 6.92 Å². The molecule has 4 heteroatoms. The van der Waals surface area contributed by atoms with Crippen molar-refractivity contribution < 1.29 is 4.74 Å². The molecule has 0 aliphatic heterocycles. The Balaban J connectivity index is 1.92. The van der Waals surface area contributed by atoms with Gasteiger partial charge in [-0.05, 0) is 50.1 Å². The molecule has 0 saturated heterocycles. The van der Waals surface area contributed by atoms with Gasteiger partial charge >= 0.3 is 0 Å². The molecule has 2 aromatic rings. The Bertz CT molecular complexity index is 632. The van der Waals surface area contributed by atoms with Crippen LogP contribution < -0.4 is 10.1 Å². The van der Waals surface area contributed by atoms with Gasteiger partial charge < -0.3 is 10.1 Å². The van der Waals surface area contributed by atoms with Crippen molar-refractivity contribution in [3.63, 3.8) is 0 Å². The molecule has 1 aromatic carbocycles. The quantitative estimate of drug-likeness (QED) is 0.872. The minimum Gasteiger partial charge on any atom is -0.496 e. The van der Waals surface area contributed by atoms with E-state index in [1.807, 2.05) is 17.4 Å². The number of thiazole rings is 1. The van der Waals surface area contributed by atoms with Crippen molar-refractivity contribution in [1.29, 1.82) is 0 Å². The van der Waals surface area contributed by atoms with Gasteiger partial charge in [0.2, 0.25) is 0 Å². The largest absolute Gasteiger partial charge is 0.496 e. The number of ether oxygens (including phenoxy) is 1. The summed E-state index contributed by atoms with van der Waals surface area (Å²) < 4.78 is 5.34. The van der Waals surface area contributed by atoms with E-state index in [0.29, 0.717) is 5.92 Å². The van der Waals surface area contributed by atoms with Crippen molar-refractivity contribution in [2.75, 3.05) is 13.7 Å². The number of benzene rings is 1. The van der Waals surface area contributed by atoms with Crippen LogP contribution >= 0.6 is 11.3 Å². The number of nitrogens with zero attached hydrogens (tertiary/aromatic N) is 1. The Kier molecular flexibility index (Phi) is 4.27. The van der Waals surface area contributed by atoms with E-state index in [-0.39, 0.29) is 0 Å². The summed E-state index contributed by atoms with van der Waals surface area (Å²) in [6.45, 7) is 6.16. The summed E-state index contributed by atoms with van der Waals surface area (Å²) in [7, 11) is 1.71. The Morgan fingerprint density at radius 3 is 2.81 bits per heavy atom. The van der Waals surface area contributed by atoms with Crippen LogP contribution in [0.15, 0.2) is 18.2 Å². The van der Waals surface area contributed by atoms with Crippen LogP contribution in [0.3, 0.4) is 0 Å². The maximum atomic E-state index is 5.34. The second-order valence-electron chi connectivity index (χ2n) is 5.57. The molecule has 1 fully saturated rings. The van der Waals surface area contributed by atoms with Crippen LogP contribution in [0.2, 0.25) is 0 Å². The molecule has 1 aliphatic carbocycles. The van der Waals surface area contributed by atoms with E-state index in [1.54, 1.807) is 7.11 Å². The van der Waals surface area contributed by atoms with Gasteiger partial charge in [-0.2, -0.15) is 0 Å². The zero-order valence-corrected chi connectivity index (χ0v) is 13.7. The predicted molar refractivity (Wildman–Crippen MR) is 88.2 cm³/mol. The molecule has 3 rings (SSSR count). The Hall–Kier alpha value is -1.39. The molecule has 0 bridgehead atoms. The maximum Gasteiger partial charge on any atom is 0.123 e. The van der Waals surface area contributed by atoms with E-state index < -0.39 is 0 Å². The average Bonchev–Trinajstić information content (AvgIpc) is 3.25. The van der Waals surface area contributed by atoms with Crippen LogP contribution in [0.25, 0.3) is 10.6 Å². The second kappa shape index (κ2) is 6.16. The van der Waals surface area contributed by atoms with Crippen molar-refractivity contribution in [2.24, 2.45) is 0 Å². The van der Waals surface area contributed by atoms with Crippen molar-refractivity contribution in [3.8, 4) is 16.3 Å². The lowest BCUT2D eigenvalue weighted by Gasteiger charge is -2.05. The second-order valence-corrected chi connectivity index (χ2v) is 6.65. The highest BCUT2D eigenvalue weighted by molar-refractivity contribution is 7.15. The minimum atomic E-state index is 0.697. The van der Waals surface area contributed by atoms with Crippen molar-refractivity contribution in [2.45, 2.75) is 39.2 Å². The predicted octanol–water partition coefficient (Wildman–Crippen LogP) is 4.11. The first-order valence-corrected chi connectivity index (χ1v) is 8.40. The zero-order valence-electron chi connectivity index (χ0n) is 12.9. The number of aryl methyl sites for hydroxylation is 1. The smallest absolute Gasteiger partial charge is 0.123 e. The first-order valence-electron chi connectivity index (χ1n) is 7.58. The van der Waals surface area contributed by atoms with Gasteiger partial charge in [0, 0.05) is 22.9 Å². The maximum absolute atomic E-state index is 5.34. The first kappa shape index (κ1) is 14.5. The molecule has 0 spiro atoms. The normalized spacial score (nSPS) is 14.4. The Morgan fingerprint density at radius 2 is 2.19 bits per heavy atom. The summed E-state index contributed by atoms with van der Waals surface area (Å²) in [5.74, 6) is 1.63. The van der Waals surface area contributed by atoms with E-state index in [0.717, 1.165) is 29.4 Å². The fourth-order valence-corrected chi connectivity index (χ4v) is 3.65. The zero-order chi connectivity index (χ0) is 14.8. The highest BCUT2D eigenvalue weighted by atomic mass is 32.1. The molecule has 0 amide bonds. The molecule has 1 aromatic heterocycles. The van der Waals surface area contributed by atoms with Crippen LogP contribution in [0.1, 0.15) is 41.8 Å². The van der Waals surface area contributed by atoms with Crippen LogP contribution in [0.4, 0.5) is 0 Å². The molecule has 21 heavy (non-hydrogen) atoms. The Morgan fingerprint density at radius 1 is 1.38 bits per heavy atom. The Labute approximate surface area is 130 Å². The first-order chi connectivity index (χ1) is 10.2. The highest BCUT2D eigenvalue weighted by Crippen LogP contribution is 2.44. The lowest BCUT2D eigenvalue weighted by molar-refractivity contribution is 0.412. The average molecular weight is 302 g/mol. The monoisotopic (exact) mass is 302 g/mol. The number of rotatable bonds is 6. The van der Waals surface area contributed by atoms with Gasteiger partial charge in [0.15, 0.2) is 0 Å². The number of hydrogen-bond donors (Lipinski definition) is 1. The van der Waals surface area contributed by atoms with E-state index in [2.05, 4.69) is 31.3 Å². The molecule has 112 valence electrons. The number of nitrogens with one attached hydrogen (secondary N) is 1. The molecule has 3 nitrogen and oxygen atoms in total. The van der Waals surface area contributed by atoms with E-state index in [4.69, 9.17) is 9.72 Å². The minimum absolute atomic E-state index is 0.697. The number of methoxy groups -OCH3 is 1. The van der Waals surface area contributed by atoms with Gasteiger partial charge in [-0.15, -0.1) is 11.3 Å². The fourth-order valence-electron chi connectivity index (χ4n) is 2.54. The van der Waals surface area contributed by atoms with Crippen LogP contribution in [0, 0.1) is 6.92 Å². The van der Waals surface area contributed by atoms with Gasteiger partial charge in [0.1, 0.15) is 10.8 Å². The SMILES string of the molecule is CCNCc1sc(-c2ccc(OC)c(C)c2)nc1C1CC1. The summed E-state index contributed by atoms with van der Waals surface area (Å²) in [5, 5.41) is 4.57. The lowest BCUT2D eigenvalue weighted by Crippen LogP contribution is -2.11. The van der Waals surface area contributed by atoms with Gasteiger partial charge in [0.05, 0.1) is 12.8 Å². The van der Waals surface area contributed by atoms with Crippen LogP contribution in [0.5, 0.6) is 5.75 Å². The molecule has 1 aliphatic rings. The summed E-state index contributed by atoms with van der Waals surface area (Å²) in [5.41, 5.74) is 3.68. The molecular weight excluding hydrogens is 280 g/mol. The molecule has 0 atom stereocenters. The third-order valence-electron chi connectivity index (χ3n) is 3.87.